The second kappa shape index (κ2) is 5.01. The Labute approximate surface area is 143 Å². The van der Waals surface area contributed by atoms with Crippen LogP contribution < -0.4 is 0 Å². The standard InChI is InChI=1S/C20H26O4/c1-19-11-16(21)18-13-6-7-20(23-8-9-24-20)10-12(13)2-3-14(18)15(19)4-5-17(19)22/h14-15,18H,2-11H2,1H3/t14-,15-,18-,19-/m0/s1. The fourth-order valence-corrected chi connectivity index (χ4v) is 6.51. The van der Waals surface area contributed by atoms with E-state index in [1.54, 1.807) is 0 Å². The van der Waals surface area contributed by atoms with E-state index in [1.807, 2.05) is 0 Å². The van der Waals surface area contributed by atoms with Crippen LogP contribution in [-0.4, -0.2) is 30.6 Å². The maximum Gasteiger partial charge on any atom is 0.172 e. The topological polar surface area (TPSA) is 52.6 Å². The van der Waals surface area contributed by atoms with Crippen molar-refractivity contribution >= 4 is 11.6 Å². The summed E-state index contributed by atoms with van der Waals surface area (Å²) < 4.78 is 11.8. The molecule has 1 aliphatic heterocycles. The number of hydrogen-bond acceptors (Lipinski definition) is 4. The van der Waals surface area contributed by atoms with Crippen molar-refractivity contribution in [2.24, 2.45) is 23.2 Å². The van der Waals surface area contributed by atoms with Gasteiger partial charge in [0.1, 0.15) is 11.6 Å². The Hall–Kier alpha value is -1.00. The van der Waals surface area contributed by atoms with Crippen LogP contribution >= 0.6 is 0 Å². The molecule has 1 saturated heterocycles. The molecule has 4 aliphatic carbocycles. The minimum atomic E-state index is -0.402. The molecule has 24 heavy (non-hydrogen) atoms. The summed E-state index contributed by atoms with van der Waals surface area (Å²) in [5.41, 5.74) is 2.44. The van der Waals surface area contributed by atoms with Crippen LogP contribution in [0.25, 0.3) is 0 Å². The third-order valence-electron chi connectivity index (χ3n) is 7.65. The number of allylic oxidation sites excluding steroid dienone is 1. The van der Waals surface area contributed by atoms with Crippen LogP contribution in [0.4, 0.5) is 0 Å². The van der Waals surface area contributed by atoms with Gasteiger partial charge in [-0.2, -0.15) is 0 Å². The molecule has 0 unspecified atom stereocenters. The number of fused-ring (bicyclic) bond motifs is 4. The van der Waals surface area contributed by atoms with Crippen molar-refractivity contribution in [3.63, 3.8) is 0 Å². The van der Waals surface area contributed by atoms with Crippen molar-refractivity contribution < 1.29 is 19.1 Å². The highest BCUT2D eigenvalue weighted by atomic mass is 16.7. The van der Waals surface area contributed by atoms with E-state index in [0.29, 0.717) is 49.5 Å². The van der Waals surface area contributed by atoms with E-state index in [1.165, 1.54) is 11.1 Å². The van der Waals surface area contributed by atoms with Gasteiger partial charge in [-0.3, -0.25) is 9.59 Å². The van der Waals surface area contributed by atoms with Crippen LogP contribution in [0.15, 0.2) is 11.1 Å². The number of ether oxygens (including phenoxy) is 2. The Balaban J connectivity index is 1.49. The summed E-state index contributed by atoms with van der Waals surface area (Å²) in [5, 5.41) is 0. The number of hydrogen-bond donors (Lipinski definition) is 0. The Kier molecular flexibility index (Phi) is 3.19. The molecular weight excluding hydrogens is 304 g/mol. The molecular formula is C20H26O4. The molecule has 5 rings (SSSR count). The maximum atomic E-state index is 13.0. The normalized spacial score (nSPS) is 43.8. The molecule has 0 aromatic rings. The first-order valence-corrected chi connectivity index (χ1v) is 9.57. The molecule has 4 heteroatoms. The van der Waals surface area contributed by atoms with Gasteiger partial charge in [0, 0.05) is 37.0 Å². The van der Waals surface area contributed by atoms with Crippen LogP contribution in [0.3, 0.4) is 0 Å². The number of rotatable bonds is 0. The lowest BCUT2D eigenvalue weighted by atomic mass is 9.54. The molecule has 4 nitrogen and oxygen atoms in total. The van der Waals surface area contributed by atoms with Crippen LogP contribution in [0.5, 0.6) is 0 Å². The summed E-state index contributed by atoms with van der Waals surface area (Å²) in [4.78, 5) is 25.4. The van der Waals surface area contributed by atoms with Gasteiger partial charge in [-0.1, -0.05) is 18.1 Å². The molecule has 0 aromatic heterocycles. The van der Waals surface area contributed by atoms with E-state index in [2.05, 4.69) is 6.92 Å². The van der Waals surface area contributed by atoms with E-state index < -0.39 is 5.79 Å². The average molecular weight is 330 g/mol. The van der Waals surface area contributed by atoms with Gasteiger partial charge in [0.15, 0.2) is 5.79 Å². The van der Waals surface area contributed by atoms with Gasteiger partial charge in [0.25, 0.3) is 0 Å². The van der Waals surface area contributed by atoms with E-state index in [-0.39, 0.29) is 11.3 Å². The number of ketones is 2. The van der Waals surface area contributed by atoms with Crippen LogP contribution in [0, 0.1) is 23.2 Å². The lowest BCUT2D eigenvalue weighted by Gasteiger charge is -2.50. The predicted molar refractivity (Wildman–Crippen MR) is 87.2 cm³/mol. The summed E-state index contributed by atoms with van der Waals surface area (Å²) in [6.45, 7) is 3.44. The molecule has 0 radical (unpaired) electrons. The largest absolute Gasteiger partial charge is 0.347 e. The molecule has 0 bridgehead atoms. The van der Waals surface area contributed by atoms with Crippen molar-refractivity contribution in [1.29, 1.82) is 0 Å². The van der Waals surface area contributed by atoms with Crippen molar-refractivity contribution in [2.45, 2.75) is 64.1 Å². The van der Waals surface area contributed by atoms with Crippen LogP contribution in [-0.2, 0) is 19.1 Å². The Morgan fingerprint density at radius 2 is 1.79 bits per heavy atom. The molecule has 5 aliphatic rings. The molecule has 0 aromatic carbocycles. The van der Waals surface area contributed by atoms with Gasteiger partial charge in [0.05, 0.1) is 13.2 Å². The van der Waals surface area contributed by atoms with Gasteiger partial charge in [0.2, 0.25) is 0 Å². The lowest BCUT2D eigenvalue weighted by Crippen LogP contribution is -2.49. The molecule has 2 saturated carbocycles. The first-order chi connectivity index (χ1) is 11.5. The molecule has 0 N–H and O–H groups in total. The summed E-state index contributed by atoms with van der Waals surface area (Å²) in [5.74, 6) is 1.13. The van der Waals surface area contributed by atoms with E-state index in [0.717, 1.165) is 38.5 Å². The molecule has 1 heterocycles. The van der Waals surface area contributed by atoms with E-state index in [9.17, 15) is 9.59 Å². The fourth-order valence-electron chi connectivity index (χ4n) is 6.51. The highest BCUT2D eigenvalue weighted by Gasteiger charge is 2.58. The summed E-state index contributed by atoms with van der Waals surface area (Å²) in [6.07, 6.45) is 6.89. The van der Waals surface area contributed by atoms with Gasteiger partial charge >= 0.3 is 0 Å². The molecule has 4 atom stereocenters. The number of carbonyl (C=O) groups excluding carboxylic acids is 2. The smallest absolute Gasteiger partial charge is 0.172 e. The number of Topliss-reactive ketones (excluding diaryl/α,β-unsaturated/α-hetero) is 2. The zero-order chi connectivity index (χ0) is 16.5. The van der Waals surface area contributed by atoms with Gasteiger partial charge in [-0.15, -0.1) is 0 Å². The highest BCUT2D eigenvalue weighted by molar-refractivity contribution is 5.96. The Morgan fingerprint density at radius 1 is 1.00 bits per heavy atom. The second-order valence-corrected chi connectivity index (χ2v) is 8.72. The molecule has 0 amide bonds. The van der Waals surface area contributed by atoms with Crippen LogP contribution in [0.2, 0.25) is 0 Å². The summed E-state index contributed by atoms with van der Waals surface area (Å²) in [7, 11) is 0. The zero-order valence-electron chi connectivity index (χ0n) is 14.4. The minimum absolute atomic E-state index is 0.0801. The quantitative estimate of drug-likeness (QED) is 0.640. The third kappa shape index (κ3) is 1.93. The van der Waals surface area contributed by atoms with Crippen molar-refractivity contribution in [2.75, 3.05) is 13.2 Å². The van der Waals surface area contributed by atoms with Crippen molar-refractivity contribution in [3.8, 4) is 0 Å². The Morgan fingerprint density at radius 3 is 2.58 bits per heavy atom. The zero-order valence-corrected chi connectivity index (χ0v) is 14.4. The van der Waals surface area contributed by atoms with Crippen molar-refractivity contribution in [3.05, 3.63) is 11.1 Å². The second-order valence-electron chi connectivity index (χ2n) is 8.72. The fraction of sp³-hybridized carbons (Fsp3) is 0.800. The molecule has 1 spiro atoms. The minimum Gasteiger partial charge on any atom is -0.347 e. The van der Waals surface area contributed by atoms with E-state index >= 15 is 0 Å². The monoisotopic (exact) mass is 330 g/mol. The van der Waals surface area contributed by atoms with Crippen molar-refractivity contribution in [1.82, 2.24) is 0 Å². The highest BCUT2D eigenvalue weighted by Crippen LogP contribution is 2.59. The average Bonchev–Trinajstić information content (AvgIpc) is 3.12. The molecule has 3 fully saturated rings. The van der Waals surface area contributed by atoms with Gasteiger partial charge in [-0.25, -0.2) is 0 Å². The molecule has 130 valence electrons. The van der Waals surface area contributed by atoms with Crippen LogP contribution in [0.1, 0.15) is 58.3 Å². The first kappa shape index (κ1) is 15.3. The maximum absolute atomic E-state index is 13.0. The number of carbonyl (C=O) groups is 2. The Bertz CT molecular complexity index is 642. The van der Waals surface area contributed by atoms with Gasteiger partial charge < -0.3 is 9.47 Å². The summed E-state index contributed by atoms with van der Waals surface area (Å²) >= 11 is 0. The van der Waals surface area contributed by atoms with E-state index in [4.69, 9.17) is 9.47 Å². The first-order valence-electron chi connectivity index (χ1n) is 9.57. The summed E-state index contributed by atoms with van der Waals surface area (Å²) in [6, 6.07) is 0. The lowest BCUT2D eigenvalue weighted by molar-refractivity contribution is -0.166. The van der Waals surface area contributed by atoms with Gasteiger partial charge in [-0.05, 0) is 37.5 Å². The SMILES string of the molecule is C[C@]12CC(=O)[C@H]3C4=C(CC[C@H]3[C@@H]1CCC2=O)CC1(CC4)OCCO1. The third-order valence-corrected chi connectivity index (χ3v) is 7.65. The predicted octanol–water partition coefficient (Wildman–Crippen LogP) is 3.19.